The Balaban J connectivity index is 1.87. The molecule has 1 N–H and O–H groups in total. The molecule has 3 rings (SSSR count). The Kier molecular flexibility index (Phi) is 2.77. The number of hydrogen-bond donors (Lipinski definition) is 1. The van der Waals surface area contributed by atoms with Gasteiger partial charge in [-0.25, -0.2) is 0 Å². The second-order valence-corrected chi connectivity index (χ2v) is 4.30. The molecule has 0 spiro atoms. The molecule has 2 heterocycles. The second kappa shape index (κ2) is 4.58. The number of aromatic nitrogens is 5. The van der Waals surface area contributed by atoms with E-state index in [9.17, 15) is 0 Å². The zero-order valence-electron chi connectivity index (χ0n) is 9.52. The summed E-state index contributed by atoms with van der Waals surface area (Å²) < 4.78 is 4.22. The van der Waals surface area contributed by atoms with Crippen LogP contribution in [0.25, 0.3) is 5.69 Å². The summed E-state index contributed by atoms with van der Waals surface area (Å²) in [6.07, 6.45) is 5.36. The fourth-order valence-electron chi connectivity index (χ4n) is 1.77. The van der Waals surface area contributed by atoms with Crippen molar-refractivity contribution >= 4 is 12.2 Å². The highest BCUT2D eigenvalue weighted by molar-refractivity contribution is 7.71. The average Bonchev–Trinajstić information content (AvgIpc) is 2.99. The van der Waals surface area contributed by atoms with Gasteiger partial charge in [-0.2, -0.15) is 10.2 Å². The molecule has 0 fully saturated rings. The molecule has 0 aliphatic heterocycles. The van der Waals surface area contributed by atoms with Gasteiger partial charge in [-0.15, -0.1) is 0 Å². The van der Waals surface area contributed by atoms with E-state index in [0.717, 1.165) is 12.2 Å². The summed E-state index contributed by atoms with van der Waals surface area (Å²) in [4.78, 5) is 0. The van der Waals surface area contributed by atoms with Crippen molar-refractivity contribution in [1.82, 2.24) is 24.5 Å². The molecule has 0 unspecified atom stereocenters. The SMILES string of the molecule is S=c1[nH]ncn1-c1cnn(Cc2ccccc2)c1. The fraction of sp³-hybridized carbons (Fsp3) is 0.0833. The van der Waals surface area contributed by atoms with Gasteiger partial charge in [0.05, 0.1) is 18.4 Å². The number of benzene rings is 1. The van der Waals surface area contributed by atoms with Crippen LogP contribution in [-0.4, -0.2) is 24.5 Å². The lowest BCUT2D eigenvalue weighted by Crippen LogP contribution is -1.99. The van der Waals surface area contributed by atoms with E-state index >= 15 is 0 Å². The van der Waals surface area contributed by atoms with Crippen LogP contribution in [0.5, 0.6) is 0 Å². The first kappa shape index (κ1) is 10.9. The van der Waals surface area contributed by atoms with E-state index in [0.29, 0.717) is 4.77 Å². The highest BCUT2D eigenvalue weighted by atomic mass is 32.1. The number of H-pyrrole nitrogens is 1. The monoisotopic (exact) mass is 257 g/mol. The number of nitrogens with one attached hydrogen (secondary N) is 1. The summed E-state index contributed by atoms with van der Waals surface area (Å²) in [5.74, 6) is 0. The lowest BCUT2D eigenvalue weighted by atomic mass is 10.2. The van der Waals surface area contributed by atoms with Gasteiger partial charge >= 0.3 is 0 Å². The molecule has 3 aromatic rings. The van der Waals surface area contributed by atoms with Crippen LogP contribution in [0.15, 0.2) is 49.1 Å². The van der Waals surface area contributed by atoms with E-state index in [1.54, 1.807) is 17.1 Å². The van der Waals surface area contributed by atoms with Gasteiger partial charge in [0.25, 0.3) is 0 Å². The number of rotatable bonds is 3. The Morgan fingerprint density at radius 1 is 1.22 bits per heavy atom. The molecule has 90 valence electrons. The molecule has 0 radical (unpaired) electrons. The van der Waals surface area contributed by atoms with E-state index < -0.39 is 0 Å². The number of hydrogen-bond acceptors (Lipinski definition) is 3. The molecule has 18 heavy (non-hydrogen) atoms. The minimum absolute atomic E-state index is 0.564. The molecule has 6 heteroatoms. The molecule has 0 bridgehead atoms. The first-order valence-electron chi connectivity index (χ1n) is 5.52. The molecule has 0 atom stereocenters. The van der Waals surface area contributed by atoms with Crippen LogP contribution in [0.3, 0.4) is 0 Å². The molecule has 0 aliphatic carbocycles. The largest absolute Gasteiger partial charge is 0.272 e. The fourth-order valence-corrected chi connectivity index (χ4v) is 1.97. The molecule has 2 aromatic heterocycles. The van der Waals surface area contributed by atoms with Crippen molar-refractivity contribution in [2.24, 2.45) is 0 Å². The minimum Gasteiger partial charge on any atom is -0.272 e. The van der Waals surface area contributed by atoms with Crippen molar-refractivity contribution in [2.45, 2.75) is 6.54 Å². The third kappa shape index (κ3) is 2.10. The lowest BCUT2D eigenvalue weighted by Gasteiger charge is -2.00. The standard InChI is InChI=1S/C12H11N5S/c18-12-15-13-9-17(12)11-6-14-16(8-11)7-10-4-2-1-3-5-10/h1-6,8-9H,7H2,(H,15,18). The van der Waals surface area contributed by atoms with Gasteiger partial charge in [-0.3, -0.25) is 14.3 Å². The van der Waals surface area contributed by atoms with Crippen molar-refractivity contribution in [3.8, 4) is 5.69 Å². The molecule has 0 saturated carbocycles. The summed E-state index contributed by atoms with van der Waals surface area (Å²) in [6.45, 7) is 0.742. The molecule has 0 amide bonds. The molecular weight excluding hydrogens is 246 g/mol. The first-order valence-corrected chi connectivity index (χ1v) is 5.92. The van der Waals surface area contributed by atoms with Gasteiger partial charge in [0.1, 0.15) is 6.33 Å². The molecule has 0 aliphatic rings. The van der Waals surface area contributed by atoms with Crippen LogP contribution in [0.2, 0.25) is 0 Å². The summed E-state index contributed by atoms with van der Waals surface area (Å²) in [5, 5.41) is 10.9. The zero-order valence-corrected chi connectivity index (χ0v) is 10.3. The third-order valence-corrected chi connectivity index (χ3v) is 2.93. The Labute approximate surface area is 109 Å². The maximum absolute atomic E-state index is 5.11. The Morgan fingerprint density at radius 3 is 2.78 bits per heavy atom. The predicted molar refractivity (Wildman–Crippen MR) is 70.1 cm³/mol. The van der Waals surface area contributed by atoms with Crippen LogP contribution in [0.4, 0.5) is 0 Å². The van der Waals surface area contributed by atoms with E-state index in [4.69, 9.17) is 12.2 Å². The van der Waals surface area contributed by atoms with Crippen LogP contribution < -0.4 is 0 Å². The Bertz CT molecular complexity index is 694. The highest BCUT2D eigenvalue weighted by Gasteiger charge is 2.02. The van der Waals surface area contributed by atoms with Crippen molar-refractivity contribution in [3.63, 3.8) is 0 Å². The maximum atomic E-state index is 5.11. The van der Waals surface area contributed by atoms with Crippen LogP contribution in [0, 0.1) is 4.77 Å². The van der Waals surface area contributed by atoms with Gasteiger partial charge in [0, 0.05) is 6.20 Å². The summed E-state index contributed by atoms with van der Waals surface area (Å²) in [6, 6.07) is 10.2. The van der Waals surface area contributed by atoms with Crippen LogP contribution >= 0.6 is 12.2 Å². The van der Waals surface area contributed by atoms with Crippen molar-refractivity contribution in [3.05, 3.63) is 59.4 Å². The van der Waals surface area contributed by atoms with Gasteiger partial charge in [-0.1, -0.05) is 30.3 Å². The Morgan fingerprint density at radius 2 is 2.06 bits per heavy atom. The smallest absolute Gasteiger partial charge is 0.199 e. The van der Waals surface area contributed by atoms with E-state index in [-0.39, 0.29) is 0 Å². The van der Waals surface area contributed by atoms with Gasteiger partial charge in [-0.05, 0) is 17.8 Å². The van der Waals surface area contributed by atoms with E-state index in [1.165, 1.54) is 5.56 Å². The summed E-state index contributed by atoms with van der Waals surface area (Å²) in [5.41, 5.74) is 2.12. The number of aromatic amines is 1. The molecule has 5 nitrogen and oxygen atoms in total. The summed E-state index contributed by atoms with van der Waals surface area (Å²) in [7, 11) is 0. The molecule has 0 saturated heterocycles. The van der Waals surface area contributed by atoms with Crippen LogP contribution in [0.1, 0.15) is 5.56 Å². The normalized spacial score (nSPS) is 10.7. The second-order valence-electron chi connectivity index (χ2n) is 3.91. The Hall–Kier alpha value is -2.21. The maximum Gasteiger partial charge on any atom is 0.199 e. The first-order chi connectivity index (χ1) is 8.83. The number of nitrogens with zero attached hydrogens (tertiary/aromatic N) is 4. The van der Waals surface area contributed by atoms with Crippen molar-refractivity contribution in [1.29, 1.82) is 0 Å². The highest BCUT2D eigenvalue weighted by Crippen LogP contribution is 2.08. The van der Waals surface area contributed by atoms with Gasteiger partial charge in [0.2, 0.25) is 0 Å². The summed E-state index contributed by atoms with van der Waals surface area (Å²) >= 11 is 5.11. The topological polar surface area (TPSA) is 51.4 Å². The quantitative estimate of drug-likeness (QED) is 0.732. The average molecular weight is 257 g/mol. The lowest BCUT2D eigenvalue weighted by molar-refractivity contribution is 0.686. The predicted octanol–water partition coefficient (Wildman–Crippen LogP) is 2.17. The van der Waals surface area contributed by atoms with Crippen LogP contribution in [-0.2, 0) is 6.54 Å². The zero-order chi connectivity index (χ0) is 12.4. The van der Waals surface area contributed by atoms with Gasteiger partial charge < -0.3 is 0 Å². The van der Waals surface area contributed by atoms with Crippen molar-refractivity contribution in [2.75, 3.05) is 0 Å². The third-order valence-electron chi connectivity index (χ3n) is 2.64. The van der Waals surface area contributed by atoms with Crippen molar-refractivity contribution < 1.29 is 0 Å². The van der Waals surface area contributed by atoms with E-state index in [2.05, 4.69) is 27.4 Å². The van der Waals surface area contributed by atoms with E-state index in [1.807, 2.05) is 29.1 Å². The van der Waals surface area contributed by atoms with Gasteiger partial charge in [0.15, 0.2) is 4.77 Å². The molecule has 1 aromatic carbocycles. The minimum atomic E-state index is 0.564. The molecular formula is C12H11N5S.